The number of hydrogen-bond donors (Lipinski definition) is 1. The molecule has 20 heavy (non-hydrogen) atoms. The fourth-order valence-corrected chi connectivity index (χ4v) is 3.74. The maximum absolute atomic E-state index is 4.39. The van der Waals surface area contributed by atoms with E-state index in [1.165, 1.54) is 30.5 Å². The van der Waals surface area contributed by atoms with Crippen LogP contribution >= 0.6 is 11.3 Å². The number of benzene rings is 1. The zero-order chi connectivity index (χ0) is 13.9. The zero-order valence-electron chi connectivity index (χ0n) is 12.2. The van der Waals surface area contributed by atoms with Gasteiger partial charge in [0.05, 0.1) is 0 Å². The van der Waals surface area contributed by atoms with Gasteiger partial charge < -0.3 is 5.32 Å². The summed E-state index contributed by atoms with van der Waals surface area (Å²) in [4.78, 5) is 4.39. The topological polar surface area (TPSA) is 24.9 Å². The highest BCUT2D eigenvalue weighted by molar-refractivity contribution is 7.13. The molecule has 2 nitrogen and oxygen atoms in total. The van der Waals surface area contributed by atoms with E-state index in [0.717, 1.165) is 16.8 Å². The first-order valence-corrected chi connectivity index (χ1v) is 8.38. The van der Waals surface area contributed by atoms with Crippen molar-refractivity contribution in [2.75, 3.05) is 5.32 Å². The second-order valence-electron chi connectivity index (χ2n) is 5.94. The Morgan fingerprint density at radius 1 is 1.25 bits per heavy atom. The molecule has 1 aliphatic carbocycles. The van der Waals surface area contributed by atoms with Crippen molar-refractivity contribution in [1.29, 1.82) is 0 Å². The largest absolute Gasteiger partial charge is 0.382 e. The Kier molecular flexibility index (Phi) is 4.06. The molecular formula is C17H22N2S. The highest BCUT2D eigenvalue weighted by Gasteiger charge is 2.26. The Hall–Kier alpha value is -1.35. The first-order chi connectivity index (χ1) is 9.74. The number of nitrogens with zero attached hydrogens (tertiary/aromatic N) is 1. The minimum Gasteiger partial charge on any atom is -0.382 e. The molecule has 1 aliphatic rings. The molecule has 1 fully saturated rings. The van der Waals surface area contributed by atoms with Gasteiger partial charge in [-0.3, -0.25) is 0 Å². The van der Waals surface area contributed by atoms with Gasteiger partial charge in [-0.25, -0.2) is 4.98 Å². The predicted octanol–water partition coefficient (Wildman–Crippen LogP) is 5.05. The molecule has 0 radical (unpaired) electrons. The van der Waals surface area contributed by atoms with Crippen LogP contribution < -0.4 is 5.32 Å². The van der Waals surface area contributed by atoms with Crippen LogP contribution in [-0.2, 0) is 0 Å². The van der Waals surface area contributed by atoms with Crippen molar-refractivity contribution >= 4 is 17.0 Å². The van der Waals surface area contributed by atoms with Crippen LogP contribution in [0.25, 0.3) is 10.6 Å². The van der Waals surface area contributed by atoms with Gasteiger partial charge >= 0.3 is 0 Å². The first kappa shape index (κ1) is 13.6. The van der Waals surface area contributed by atoms with Crippen LogP contribution in [0.5, 0.6) is 0 Å². The molecule has 3 atom stereocenters. The third-order valence-corrected chi connectivity index (χ3v) is 5.42. The molecule has 0 spiro atoms. The lowest BCUT2D eigenvalue weighted by Gasteiger charge is -2.35. The molecule has 0 aliphatic heterocycles. The van der Waals surface area contributed by atoms with Crippen LogP contribution in [0, 0.1) is 11.8 Å². The maximum atomic E-state index is 4.39. The van der Waals surface area contributed by atoms with Crippen LogP contribution in [0.1, 0.15) is 33.1 Å². The first-order valence-electron chi connectivity index (χ1n) is 7.50. The van der Waals surface area contributed by atoms with Gasteiger partial charge in [-0.05, 0) is 30.4 Å². The van der Waals surface area contributed by atoms with Gasteiger partial charge in [0.15, 0.2) is 0 Å². The third-order valence-electron chi connectivity index (χ3n) is 4.60. The van der Waals surface area contributed by atoms with Crippen LogP contribution in [-0.4, -0.2) is 11.0 Å². The molecule has 1 aromatic heterocycles. The number of aromatic nitrogens is 1. The Balaban J connectivity index is 1.76. The fraction of sp³-hybridized carbons (Fsp3) is 0.471. The van der Waals surface area contributed by atoms with Crippen molar-refractivity contribution in [2.24, 2.45) is 11.8 Å². The van der Waals surface area contributed by atoms with E-state index in [-0.39, 0.29) is 0 Å². The van der Waals surface area contributed by atoms with E-state index in [1.54, 1.807) is 11.3 Å². The summed E-state index contributed by atoms with van der Waals surface area (Å²) < 4.78 is 0. The summed E-state index contributed by atoms with van der Waals surface area (Å²) in [6.45, 7) is 4.76. The normalized spacial score (nSPS) is 26.4. The van der Waals surface area contributed by atoms with Crippen molar-refractivity contribution in [2.45, 2.75) is 39.2 Å². The summed E-state index contributed by atoms with van der Waals surface area (Å²) in [5.41, 5.74) is 2.44. The smallest absolute Gasteiger partial charge is 0.123 e. The average molecular weight is 286 g/mol. The van der Waals surface area contributed by atoms with Crippen LogP contribution in [0.15, 0.2) is 35.8 Å². The van der Waals surface area contributed by atoms with Gasteiger partial charge in [-0.15, -0.1) is 11.3 Å². The summed E-state index contributed by atoms with van der Waals surface area (Å²) in [6, 6.07) is 9.26. The highest BCUT2D eigenvalue weighted by Crippen LogP contribution is 2.32. The molecule has 1 aromatic carbocycles. The Morgan fingerprint density at radius 3 is 2.95 bits per heavy atom. The molecule has 0 bridgehead atoms. The summed E-state index contributed by atoms with van der Waals surface area (Å²) in [7, 11) is 0. The number of nitrogens with one attached hydrogen (secondary N) is 1. The zero-order valence-corrected chi connectivity index (χ0v) is 13.0. The van der Waals surface area contributed by atoms with E-state index in [2.05, 4.69) is 48.4 Å². The minimum atomic E-state index is 0.602. The van der Waals surface area contributed by atoms with Crippen molar-refractivity contribution < 1.29 is 0 Å². The summed E-state index contributed by atoms with van der Waals surface area (Å²) in [5.74, 6) is 1.57. The van der Waals surface area contributed by atoms with E-state index in [1.807, 2.05) is 11.6 Å². The quantitative estimate of drug-likeness (QED) is 0.854. The Morgan fingerprint density at radius 2 is 2.15 bits per heavy atom. The van der Waals surface area contributed by atoms with Gasteiger partial charge in [0.1, 0.15) is 5.01 Å². The number of hydrogen-bond acceptors (Lipinski definition) is 3. The number of thiazole rings is 1. The molecule has 1 heterocycles. The monoisotopic (exact) mass is 286 g/mol. The Bertz CT molecular complexity index is 550. The molecule has 106 valence electrons. The average Bonchev–Trinajstić information content (AvgIpc) is 2.98. The molecule has 0 amide bonds. The van der Waals surface area contributed by atoms with Crippen molar-refractivity contribution in [3.8, 4) is 10.6 Å². The lowest BCUT2D eigenvalue weighted by atomic mass is 9.78. The van der Waals surface area contributed by atoms with Crippen LogP contribution in [0.2, 0.25) is 0 Å². The third kappa shape index (κ3) is 2.88. The second-order valence-corrected chi connectivity index (χ2v) is 6.83. The van der Waals surface area contributed by atoms with Gasteiger partial charge in [0.2, 0.25) is 0 Å². The van der Waals surface area contributed by atoms with Crippen molar-refractivity contribution in [1.82, 2.24) is 4.98 Å². The molecule has 1 N–H and O–H groups in total. The van der Waals surface area contributed by atoms with E-state index in [4.69, 9.17) is 0 Å². The maximum Gasteiger partial charge on any atom is 0.123 e. The summed E-state index contributed by atoms with van der Waals surface area (Å²) in [6.07, 6.45) is 5.87. The van der Waals surface area contributed by atoms with Gasteiger partial charge in [0.25, 0.3) is 0 Å². The molecule has 1 saturated carbocycles. The lowest BCUT2D eigenvalue weighted by molar-refractivity contribution is 0.253. The molecule has 3 rings (SSSR count). The SMILES string of the molecule is CC1CCCC(Nc2cccc(-c3nccs3)c2)C1C. The molecule has 3 unspecified atom stereocenters. The Labute approximate surface area is 125 Å². The molecule has 0 saturated heterocycles. The fourth-order valence-electron chi connectivity index (χ4n) is 3.11. The van der Waals surface area contributed by atoms with Gasteiger partial charge in [-0.1, -0.05) is 38.8 Å². The molecule has 2 aromatic rings. The summed E-state index contributed by atoms with van der Waals surface area (Å²) >= 11 is 1.69. The molecular weight excluding hydrogens is 264 g/mol. The van der Waals surface area contributed by atoms with Crippen LogP contribution in [0.4, 0.5) is 5.69 Å². The second kappa shape index (κ2) is 5.96. The van der Waals surface area contributed by atoms with E-state index in [0.29, 0.717) is 6.04 Å². The van der Waals surface area contributed by atoms with E-state index >= 15 is 0 Å². The van der Waals surface area contributed by atoms with Gasteiger partial charge in [0, 0.05) is 28.9 Å². The van der Waals surface area contributed by atoms with E-state index < -0.39 is 0 Å². The predicted molar refractivity (Wildman–Crippen MR) is 87.1 cm³/mol. The minimum absolute atomic E-state index is 0.602. The van der Waals surface area contributed by atoms with E-state index in [9.17, 15) is 0 Å². The highest BCUT2D eigenvalue weighted by atomic mass is 32.1. The lowest BCUT2D eigenvalue weighted by Crippen LogP contribution is -2.34. The number of anilines is 1. The van der Waals surface area contributed by atoms with Crippen molar-refractivity contribution in [3.05, 3.63) is 35.8 Å². The van der Waals surface area contributed by atoms with Crippen LogP contribution in [0.3, 0.4) is 0 Å². The molecule has 3 heteroatoms. The standard InChI is InChI=1S/C17H22N2S/c1-12-5-3-8-16(13(12)2)19-15-7-4-6-14(11-15)17-18-9-10-20-17/h4,6-7,9-13,16,19H,3,5,8H2,1-2H3. The van der Waals surface area contributed by atoms with Gasteiger partial charge in [-0.2, -0.15) is 0 Å². The van der Waals surface area contributed by atoms with Crippen molar-refractivity contribution in [3.63, 3.8) is 0 Å². The number of rotatable bonds is 3. The summed E-state index contributed by atoms with van der Waals surface area (Å²) in [5, 5.41) is 6.86.